The lowest BCUT2D eigenvalue weighted by molar-refractivity contribution is -0.0500. The van der Waals surface area contributed by atoms with Crippen LogP contribution in [0.4, 0.5) is 13.2 Å². The number of hydrogen-bond donors (Lipinski definition) is 0. The summed E-state index contributed by atoms with van der Waals surface area (Å²) in [6.07, 6.45) is 0. The molecule has 0 saturated heterocycles. The Bertz CT molecular complexity index is 807. The molecule has 0 unspecified atom stereocenters. The Balaban J connectivity index is 2.45. The summed E-state index contributed by atoms with van der Waals surface area (Å²) in [6, 6.07) is 10.1. The lowest BCUT2D eigenvalue weighted by atomic mass is 10.1. The maximum Gasteiger partial charge on any atom is 0.534 e. The fourth-order valence-electron chi connectivity index (χ4n) is 1.52. The first-order valence-corrected chi connectivity index (χ1v) is 6.58. The number of fused-ring (bicyclic) bond motifs is 1. The fraction of sp³-hybridized carbons (Fsp3) is 0.0833. The summed E-state index contributed by atoms with van der Waals surface area (Å²) in [7, 11) is -5.70. The molecule has 8 heteroatoms. The molecular formula is C12H6F3NO3S. The smallest absolute Gasteiger partial charge is 0.376 e. The van der Waals surface area contributed by atoms with E-state index in [9.17, 15) is 21.6 Å². The minimum absolute atomic E-state index is 0.299. The number of halogens is 3. The zero-order valence-corrected chi connectivity index (χ0v) is 10.5. The molecule has 0 heterocycles. The Morgan fingerprint density at radius 2 is 1.70 bits per heavy atom. The first-order valence-electron chi connectivity index (χ1n) is 5.17. The number of hydrogen-bond acceptors (Lipinski definition) is 4. The van der Waals surface area contributed by atoms with Crippen molar-refractivity contribution < 1.29 is 25.8 Å². The lowest BCUT2D eigenvalue weighted by Gasteiger charge is -2.10. The van der Waals surface area contributed by atoms with Crippen LogP contribution in [0.15, 0.2) is 36.4 Å². The number of rotatable bonds is 2. The molecule has 20 heavy (non-hydrogen) atoms. The molecule has 0 saturated carbocycles. The lowest BCUT2D eigenvalue weighted by Crippen LogP contribution is -2.28. The summed E-state index contributed by atoms with van der Waals surface area (Å²) in [5.41, 5.74) is -5.19. The quantitative estimate of drug-likeness (QED) is 0.632. The van der Waals surface area contributed by atoms with E-state index in [0.717, 1.165) is 12.1 Å². The van der Waals surface area contributed by atoms with Crippen LogP contribution in [0.2, 0.25) is 0 Å². The first-order chi connectivity index (χ1) is 9.23. The topological polar surface area (TPSA) is 67.2 Å². The third kappa shape index (κ3) is 2.67. The molecule has 2 aromatic rings. The van der Waals surface area contributed by atoms with Gasteiger partial charge in [0.15, 0.2) is 0 Å². The summed E-state index contributed by atoms with van der Waals surface area (Å²) in [5, 5.41) is 9.77. The molecule has 0 fully saturated rings. The molecule has 2 rings (SSSR count). The minimum atomic E-state index is -5.70. The van der Waals surface area contributed by atoms with Crippen molar-refractivity contribution in [2.45, 2.75) is 5.51 Å². The van der Waals surface area contributed by atoms with Crippen molar-refractivity contribution in [1.29, 1.82) is 5.26 Å². The molecule has 0 aliphatic rings. The summed E-state index contributed by atoms with van der Waals surface area (Å²) in [5.74, 6) is -0.468. The standard InChI is InChI=1S/C12H6F3NO3S/c13-12(14,15)20(17,18)19-11-4-3-9-2-1-8(7-16)5-10(9)6-11/h1-6H. The molecule has 0 aliphatic heterocycles. The summed E-state index contributed by atoms with van der Waals surface area (Å²) in [6.45, 7) is 0. The number of benzene rings is 2. The summed E-state index contributed by atoms with van der Waals surface area (Å²) >= 11 is 0. The molecule has 0 aliphatic carbocycles. The Kier molecular flexibility index (Phi) is 3.31. The second kappa shape index (κ2) is 4.68. The molecule has 0 atom stereocenters. The second-order valence-electron chi connectivity index (χ2n) is 3.82. The highest BCUT2D eigenvalue weighted by atomic mass is 32.2. The number of nitriles is 1. The summed E-state index contributed by atoms with van der Waals surface area (Å²) < 4.78 is 62.4. The van der Waals surface area contributed by atoms with Crippen LogP contribution in [0.3, 0.4) is 0 Å². The van der Waals surface area contributed by atoms with Gasteiger partial charge in [0.2, 0.25) is 0 Å². The van der Waals surface area contributed by atoms with Gasteiger partial charge in [0.1, 0.15) is 5.75 Å². The Labute approximate surface area is 112 Å². The first kappa shape index (κ1) is 14.1. The highest BCUT2D eigenvalue weighted by Crippen LogP contribution is 2.29. The maximum atomic E-state index is 12.2. The van der Waals surface area contributed by atoms with Crippen LogP contribution >= 0.6 is 0 Å². The molecule has 0 radical (unpaired) electrons. The molecule has 2 aromatic carbocycles. The van der Waals surface area contributed by atoms with Crippen LogP contribution < -0.4 is 4.18 Å². The second-order valence-corrected chi connectivity index (χ2v) is 5.36. The van der Waals surface area contributed by atoms with E-state index in [1.165, 1.54) is 18.2 Å². The SMILES string of the molecule is N#Cc1ccc2ccc(OS(=O)(=O)C(F)(F)F)cc2c1. The third-order valence-corrected chi connectivity index (χ3v) is 3.41. The average molecular weight is 301 g/mol. The van der Waals surface area contributed by atoms with Gasteiger partial charge in [0.05, 0.1) is 11.6 Å². The molecule has 0 spiro atoms. The fourth-order valence-corrected chi connectivity index (χ4v) is 1.97. The Morgan fingerprint density at radius 1 is 1.05 bits per heavy atom. The van der Waals surface area contributed by atoms with Crippen molar-refractivity contribution >= 4 is 20.9 Å². The van der Waals surface area contributed by atoms with Gasteiger partial charge in [-0.2, -0.15) is 26.9 Å². The molecular weight excluding hydrogens is 295 g/mol. The van der Waals surface area contributed by atoms with Gasteiger partial charge >= 0.3 is 15.6 Å². The molecule has 0 amide bonds. The van der Waals surface area contributed by atoms with Crippen LogP contribution in [0.1, 0.15) is 5.56 Å². The number of alkyl halides is 3. The highest BCUT2D eigenvalue weighted by molar-refractivity contribution is 7.88. The maximum absolute atomic E-state index is 12.2. The highest BCUT2D eigenvalue weighted by Gasteiger charge is 2.48. The molecule has 0 bridgehead atoms. The van der Waals surface area contributed by atoms with Crippen LogP contribution in [0.25, 0.3) is 10.8 Å². The minimum Gasteiger partial charge on any atom is -0.376 e. The van der Waals surface area contributed by atoms with Crippen molar-refractivity contribution in [2.24, 2.45) is 0 Å². The molecule has 0 aromatic heterocycles. The van der Waals surface area contributed by atoms with E-state index in [1.807, 2.05) is 6.07 Å². The zero-order valence-electron chi connectivity index (χ0n) is 9.68. The number of nitrogens with zero attached hydrogens (tertiary/aromatic N) is 1. The van der Waals surface area contributed by atoms with Gasteiger partial charge in [-0.3, -0.25) is 0 Å². The van der Waals surface area contributed by atoms with E-state index in [-0.39, 0.29) is 0 Å². The van der Waals surface area contributed by atoms with E-state index in [0.29, 0.717) is 16.3 Å². The largest absolute Gasteiger partial charge is 0.534 e. The van der Waals surface area contributed by atoms with Gasteiger partial charge in [-0.25, -0.2) is 0 Å². The van der Waals surface area contributed by atoms with Gasteiger partial charge in [0, 0.05) is 0 Å². The van der Waals surface area contributed by atoms with Crippen LogP contribution in [0.5, 0.6) is 5.75 Å². The van der Waals surface area contributed by atoms with Gasteiger partial charge in [0.25, 0.3) is 0 Å². The van der Waals surface area contributed by atoms with Gasteiger partial charge in [-0.15, -0.1) is 0 Å². The van der Waals surface area contributed by atoms with Crippen molar-refractivity contribution in [3.8, 4) is 11.8 Å². The van der Waals surface area contributed by atoms with Gasteiger partial charge in [-0.1, -0.05) is 12.1 Å². The van der Waals surface area contributed by atoms with E-state index in [4.69, 9.17) is 5.26 Å². The summed E-state index contributed by atoms with van der Waals surface area (Å²) in [4.78, 5) is 0. The van der Waals surface area contributed by atoms with Crippen molar-refractivity contribution in [2.75, 3.05) is 0 Å². The Morgan fingerprint density at radius 3 is 2.30 bits per heavy atom. The van der Waals surface area contributed by atoms with Gasteiger partial charge < -0.3 is 4.18 Å². The third-order valence-electron chi connectivity index (χ3n) is 2.43. The van der Waals surface area contributed by atoms with E-state index < -0.39 is 21.4 Å². The normalized spacial score (nSPS) is 12.1. The van der Waals surface area contributed by atoms with Crippen molar-refractivity contribution in [1.82, 2.24) is 0 Å². The van der Waals surface area contributed by atoms with E-state index in [2.05, 4.69) is 4.18 Å². The van der Waals surface area contributed by atoms with E-state index >= 15 is 0 Å². The predicted molar refractivity (Wildman–Crippen MR) is 64.3 cm³/mol. The molecule has 0 N–H and O–H groups in total. The van der Waals surface area contributed by atoms with Crippen molar-refractivity contribution in [3.63, 3.8) is 0 Å². The Hall–Kier alpha value is -2.27. The van der Waals surface area contributed by atoms with Crippen molar-refractivity contribution in [3.05, 3.63) is 42.0 Å². The zero-order chi connectivity index (χ0) is 15.0. The van der Waals surface area contributed by atoms with Crippen LogP contribution in [-0.4, -0.2) is 13.9 Å². The van der Waals surface area contributed by atoms with Crippen LogP contribution in [-0.2, 0) is 10.1 Å². The predicted octanol–water partition coefficient (Wildman–Crippen LogP) is 2.94. The molecule has 104 valence electrons. The molecule has 4 nitrogen and oxygen atoms in total. The van der Waals surface area contributed by atoms with E-state index in [1.54, 1.807) is 6.07 Å². The van der Waals surface area contributed by atoms with Gasteiger partial charge in [-0.05, 0) is 35.0 Å². The van der Waals surface area contributed by atoms with Crippen LogP contribution in [0, 0.1) is 11.3 Å². The average Bonchev–Trinajstić information content (AvgIpc) is 2.36. The monoisotopic (exact) mass is 301 g/mol.